The molecule has 0 aromatic heterocycles. The maximum atomic E-state index is 12.9. The summed E-state index contributed by atoms with van der Waals surface area (Å²) < 4.78 is 13.4. The van der Waals surface area contributed by atoms with Gasteiger partial charge in [-0.3, -0.25) is 10.1 Å². The zero-order chi connectivity index (χ0) is 13.0. The summed E-state index contributed by atoms with van der Waals surface area (Å²) in [6, 6.07) is 3.03. The first kappa shape index (κ1) is 13.9. The Labute approximate surface area is 111 Å². The summed E-state index contributed by atoms with van der Waals surface area (Å²) in [4.78, 5) is 22.5. The van der Waals surface area contributed by atoms with Crippen LogP contribution in [0.5, 0.6) is 0 Å². The van der Waals surface area contributed by atoms with Gasteiger partial charge in [0, 0.05) is 4.47 Å². The molecule has 0 fully saturated rings. The number of amides is 3. The van der Waals surface area contributed by atoms with E-state index < -0.39 is 23.1 Å². The number of rotatable bonds is 2. The van der Waals surface area contributed by atoms with Crippen LogP contribution >= 0.6 is 27.5 Å². The topological polar surface area (TPSA) is 58.2 Å². The number of nitrogens with one attached hydrogen (secondary N) is 2. The van der Waals surface area contributed by atoms with Crippen molar-refractivity contribution in [3.05, 3.63) is 28.5 Å². The van der Waals surface area contributed by atoms with Gasteiger partial charge >= 0.3 is 6.03 Å². The summed E-state index contributed by atoms with van der Waals surface area (Å²) in [7, 11) is 0. The fourth-order valence-corrected chi connectivity index (χ4v) is 1.36. The summed E-state index contributed by atoms with van der Waals surface area (Å²) in [5.74, 6) is -1.13. The van der Waals surface area contributed by atoms with Gasteiger partial charge in [-0.2, -0.15) is 0 Å². The zero-order valence-electron chi connectivity index (χ0n) is 8.76. The van der Waals surface area contributed by atoms with Crippen molar-refractivity contribution in [2.24, 2.45) is 0 Å². The Kier molecular flexibility index (Phi) is 4.89. The van der Waals surface area contributed by atoms with E-state index in [2.05, 4.69) is 21.2 Å². The first-order valence-corrected chi connectivity index (χ1v) is 5.84. The van der Waals surface area contributed by atoms with Crippen LogP contribution in [0.4, 0.5) is 14.9 Å². The maximum absolute atomic E-state index is 12.9. The number of carbonyl (C=O) groups excluding carboxylic acids is 2. The number of alkyl halides is 1. The van der Waals surface area contributed by atoms with Crippen molar-refractivity contribution < 1.29 is 14.0 Å². The minimum Gasteiger partial charge on any atom is -0.306 e. The molecule has 0 saturated heterocycles. The Bertz CT molecular complexity index is 454. The van der Waals surface area contributed by atoms with Gasteiger partial charge in [0.1, 0.15) is 11.2 Å². The summed E-state index contributed by atoms with van der Waals surface area (Å²) >= 11 is 8.60. The average molecular weight is 324 g/mol. The smallest absolute Gasteiger partial charge is 0.306 e. The first-order chi connectivity index (χ1) is 7.90. The molecule has 0 heterocycles. The van der Waals surface area contributed by atoms with E-state index in [1.165, 1.54) is 19.1 Å². The number of anilines is 1. The molecule has 0 aliphatic carbocycles. The molecule has 1 aromatic carbocycles. The van der Waals surface area contributed by atoms with Gasteiger partial charge in [0.05, 0.1) is 5.69 Å². The second-order valence-electron chi connectivity index (χ2n) is 3.18. The van der Waals surface area contributed by atoms with Crippen LogP contribution in [0.1, 0.15) is 6.92 Å². The Morgan fingerprint density at radius 1 is 1.47 bits per heavy atom. The first-order valence-electron chi connectivity index (χ1n) is 4.61. The highest BCUT2D eigenvalue weighted by atomic mass is 79.9. The predicted octanol–water partition coefficient (Wildman–Crippen LogP) is 2.86. The monoisotopic (exact) mass is 322 g/mol. The van der Waals surface area contributed by atoms with Crippen LogP contribution in [0.2, 0.25) is 0 Å². The molecule has 0 aliphatic heterocycles. The van der Waals surface area contributed by atoms with Crippen LogP contribution in [-0.4, -0.2) is 17.3 Å². The van der Waals surface area contributed by atoms with Crippen molar-refractivity contribution in [3.8, 4) is 0 Å². The second-order valence-corrected chi connectivity index (χ2v) is 4.69. The van der Waals surface area contributed by atoms with E-state index in [-0.39, 0.29) is 5.69 Å². The summed E-state index contributed by atoms with van der Waals surface area (Å²) in [6.45, 7) is 1.43. The summed E-state index contributed by atoms with van der Waals surface area (Å²) in [6.07, 6.45) is 0. The molecule has 1 unspecified atom stereocenters. The lowest BCUT2D eigenvalue weighted by molar-refractivity contribution is -0.119. The van der Waals surface area contributed by atoms with E-state index in [0.29, 0.717) is 4.47 Å². The van der Waals surface area contributed by atoms with E-state index >= 15 is 0 Å². The number of halogens is 3. The SMILES string of the molecule is CC(Cl)C(=O)NC(=O)Nc1cc(F)ccc1Br. The molecule has 2 N–H and O–H groups in total. The third-order valence-corrected chi connectivity index (χ3v) is 2.66. The number of imide groups is 1. The van der Waals surface area contributed by atoms with Crippen molar-refractivity contribution in [1.29, 1.82) is 0 Å². The molecular formula is C10H9BrClFN2O2. The van der Waals surface area contributed by atoms with Crippen molar-refractivity contribution in [2.45, 2.75) is 12.3 Å². The Balaban J connectivity index is 2.68. The van der Waals surface area contributed by atoms with Crippen molar-refractivity contribution in [3.63, 3.8) is 0 Å². The van der Waals surface area contributed by atoms with Gasteiger partial charge in [-0.15, -0.1) is 11.6 Å². The minimum absolute atomic E-state index is 0.220. The highest BCUT2D eigenvalue weighted by Crippen LogP contribution is 2.22. The molecule has 3 amide bonds. The highest BCUT2D eigenvalue weighted by molar-refractivity contribution is 9.10. The van der Waals surface area contributed by atoms with Crippen LogP contribution in [-0.2, 0) is 4.79 Å². The maximum Gasteiger partial charge on any atom is 0.325 e. The Morgan fingerprint density at radius 2 is 2.12 bits per heavy atom. The molecule has 17 heavy (non-hydrogen) atoms. The molecule has 0 saturated carbocycles. The molecule has 4 nitrogen and oxygen atoms in total. The predicted molar refractivity (Wildman–Crippen MR) is 66.6 cm³/mol. The van der Waals surface area contributed by atoms with Gasteiger partial charge in [-0.05, 0) is 41.1 Å². The number of hydrogen-bond acceptors (Lipinski definition) is 2. The Morgan fingerprint density at radius 3 is 2.71 bits per heavy atom. The molecule has 7 heteroatoms. The van der Waals surface area contributed by atoms with Crippen LogP contribution in [0, 0.1) is 5.82 Å². The summed E-state index contributed by atoms with van der Waals surface area (Å²) in [5, 5.41) is 3.51. The van der Waals surface area contributed by atoms with Gasteiger partial charge in [-0.1, -0.05) is 0 Å². The van der Waals surface area contributed by atoms with Crippen molar-refractivity contribution in [1.82, 2.24) is 5.32 Å². The quantitative estimate of drug-likeness (QED) is 0.822. The highest BCUT2D eigenvalue weighted by Gasteiger charge is 2.13. The summed E-state index contributed by atoms with van der Waals surface area (Å²) in [5.41, 5.74) is 0.220. The Hall–Kier alpha value is -1.14. The number of hydrogen-bond donors (Lipinski definition) is 2. The number of benzene rings is 1. The third-order valence-electron chi connectivity index (χ3n) is 1.77. The molecule has 1 atom stereocenters. The lowest BCUT2D eigenvalue weighted by atomic mass is 10.3. The van der Waals surface area contributed by atoms with Gasteiger partial charge < -0.3 is 5.32 Å². The standard InChI is InChI=1S/C10H9BrClFN2O2/c1-5(12)9(16)15-10(17)14-8-4-6(13)2-3-7(8)11/h2-5H,1H3,(H2,14,15,16,17). The fraction of sp³-hybridized carbons (Fsp3) is 0.200. The van der Waals surface area contributed by atoms with Crippen LogP contribution in [0.3, 0.4) is 0 Å². The third kappa shape index (κ3) is 4.32. The van der Waals surface area contributed by atoms with E-state index in [1.807, 2.05) is 5.32 Å². The van der Waals surface area contributed by atoms with E-state index in [9.17, 15) is 14.0 Å². The largest absolute Gasteiger partial charge is 0.325 e. The van der Waals surface area contributed by atoms with Gasteiger partial charge in [0.2, 0.25) is 5.91 Å². The van der Waals surface area contributed by atoms with Gasteiger partial charge in [0.25, 0.3) is 0 Å². The molecule has 1 aromatic rings. The molecule has 92 valence electrons. The van der Waals surface area contributed by atoms with E-state index in [1.54, 1.807) is 0 Å². The second kappa shape index (κ2) is 5.97. The van der Waals surface area contributed by atoms with Gasteiger partial charge in [-0.25, -0.2) is 9.18 Å². The normalized spacial score (nSPS) is 11.8. The number of carbonyl (C=O) groups is 2. The molecule has 0 spiro atoms. The van der Waals surface area contributed by atoms with E-state index in [0.717, 1.165) is 6.07 Å². The minimum atomic E-state index is -0.822. The molecule has 1 rings (SSSR count). The molecule has 0 aliphatic rings. The van der Waals surface area contributed by atoms with Crippen LogP contribution in [0.15, 0.2) is 22.7 Å². The zero-order valence-corrected chi connectivity index (χ0v) is 11.1. The van der Waals surface area contributed by atoms with Crippen LogP contribution < -0.4 is 10.6 Å². The lowest BCUT2D eigenvalue weighted by Gasteiger charge is -2.09. The number of urea groups is 1. The van der Waals surface area contributed by atoms with E-state index in [4.69, 9.17) is 11.6 Å². The van der Waals surface area contributed by atoms with Crippen molar-refractivity contribution >= 4 is 45.2 Å². The van der Waals surface area contributed by atoms with Gasteiger partial charge in [0.15, 0.2) is 0 Å². The molecular weight excluding hydrogens is 314 g/mol. The lowest BCUT2D eigenvalue weighted by Crippen LogP contribution is -2.38. The fourth-order valence-electron chi connectivity index (χ4n) is 0.958. The molecule has 0 radical (unpaired) electrons. The van der Waals surface area contributed by atoms with Crippen LogP contribution in [0.25, 0.3) is 0 Å². The molecule has 0 bridgehead atoms. The average Bonchev–Trinajstić information content (AvgIpc) is 2.23. The van der Waals surface area contributed by atoms with Crippen molar-refractivity contribution in [2.75, 3.05) is 5.32 Å².